The first-order valence-electron chi connectivity index (χ1n) is 34.4. The standard InChI is InChI=1S/C70H134O5/c1-3-5-7-9-11-13-15-17-19-21-23-25-27-28-29-30-31-32-33-34-35-36-37-38-39-40-41-43-44-46-48-50-52-54-56-58-60-62-64-69(72)74-67-68(66-71)75-70(73)65-63-61-59-57-55-53-51-49-47-45-42-26-24-22-20-18-16-14-12-10-8-6-4-2/h16,18,22,24,68,71H,3-15,17,19-21,23,25-67H2,1-2H3/b18-16-,24-22-. The van der Waals surface area contributed by atoms with Crippen LogP contribution in [0.4, 0.5) is 0 Å². The van der Waals surface area contributed by atoms with Crippen molar-refractivity contribution in [1.82, 2.24) is 0 Å². The van der Waals surface area contributed by atoms with Crippen molar-refractivity contribution in [3.63, 3.8) is 0 Å². The Morgan fingerprint density at radius 3 is 0.787 bits per heavy atom. The summed E-state index contributed by atoms with van der Waals surface area (Å²) in [6.45, 7) is 4.19. The van der Waals surface area contributed by atoms with E-state index in [0.29, 0.717) is 12.8 Å². The summed E-state index contributed by atoms with van der Waals surface area (Å²) in [5.74, 6) is -0.570. The van der Waals surface area contributed by atoms with Gasteiger partial charge in [0, 0.05) is 12.8 Å². The van der Waals surface area contributed by atoms with Crippen molar-refractivity contribution in [1.29, 1.82) is 0 Å². The van der Waals surface area contributed by atoms with Crippen molar-refractivity contribution in [2.75, 3.05) is 13.2 Å². The summed E-state index contributed by atoms with van der Waals surface area (Å²) in [4.78, 5) is 24.6. The molecule has 0 aromatic carbocycles. The molecule has 0 aromatic heterocycles. The second kappa shape index (κ2) is 66.7. The number of hydrogen-bond donors (Lipinski definition) is 1. The van der Waals surface area contributed by atoms with Crippen LogP contribution in [0.2, 0.25) is 0 Å². The van der Waals surface area contributed by atoms with Crippen LogP contribution in [-0.4, -0.2) is 36.4 Å². The summed E-state index contributed by atoms with van der Waals surface area (Å²) in [5, 5.41) is 9.68. The Bertz CT molecular complexity index is 1150. The number of unbranched alkanes of at least 4 members (excludes halogenated alkanes) is 53. The molecule has 0 aromatic rings. The lowest BCUT2D eigenvalue weighted by atomic mass is 10.0. The number of aliphatic hydroxyl groups excluding tert-OH is 1. The fourth-order valence-electron chi connectivity index (χ4n) is 10.8. The van der Waals surface area contributed by atoms with Crippen LogP contribution in [0.15, 0.2) is 24.3 Å². The first-order chi connectivity index (χ1) is 37.1. The molecule has 0 radical (unpaired) electrons. The summed E-state index contributed by atoms with van der Waals surface area (Å²) < 4.78 is 10.7. The Kier molecular flexibility index (Phi) is 65.2. The minimum atomic E-state index is -0.771. The molecule has 1 atom stereocenters. The molecule has 444 valence electrons. The largest absolute Gasteiger partial charge is 0.462 e. The minimum absolute atomic E-state index is 0.0605. The summed E-state index contributed by atoms with van der Waals surface area (Å²) in [5.41, 5.74) is 0. The van der Waals surface area contributed by atoms with Crippen molar-refractivity contribution in [3.8, 4) is 0 Å². The lowest BCUT2D eigenvalue weighted by molar-refractivity contribution is -0.161. The fraction of sp³-hybridized carbons (Fsp3) is 0.914. The molecule has 0 saturated carbocycles. The highest BCUT2D eigenvalue weighted by Crippen LogP contribution is 2.19. The number of rotatable bonds is 65. The maximum Gasteiger partial charge on any atom is 0.306 e. The molecule has 0 rings (SSSR count). The maximum atomic E-state index is 12.3. The van der Waals surface area contributed by atoms with E-state index in [-0.39, 0.29) is 25.2 Å². The summed E-state index contributed by atoms with van der Waals surface area (Å²) in [6, 6.07) is 0. The molecule has 0 aliphatic rings. The van der Waals surface area contributed by atoms with Crippen molar-refractivity contribution >= 4 is 11.9 Å². The Labute approximate surface area is 470 Å². The smallest absolute Gasteiger partial charge is 0.306 e. The number of ether oxygens (including phenoxy) is 2. The van der Waals surface area contributed by atoms with Crippen molar-refractivity contribution in [2.24, 2.45) is 0 Å². The molecular weight excluding hydrogens is 921 g/mol. The van der Waals surface area contributed by atoms with Gasteiger partial charge in [-0.1, -0.05) is 359 Å². The van der Waals surface area contributed by atoms with Gasteiger partial charge in [0.05, 0.1) is 6.61 Å². The number of carbonyl (C=O) groups is 2. The molecule has 0 aliphatic carbocycles. The fourth-order valence-corrected chi connectivity index (χ4v) is 10.8. The molecule has 0 aliphatic heterocycles. The molecule has 0 spiro atoms. The van der Waals surface area contributed by atoms with Crippen molar-refractivity contribution in [3.05, 3.63) is 24.3 Å². The minimum Gasteiger partial charge on any atom is -0.462 e. The first kappa shape index (κ1) is 73.4. The average Bonchev–Trinajstić information content (AvgIpc) is 3.41. The molecule has 1 unspecified atom stereocenters. The quantitative estimate of drug-likeness (QED) is 0.0373. The van der Waals surface area contributed by atoms with Gasteiger partial charge in [0.15, 0.2) is 6.10 Å². The molecule has 0 amide bonds. The lowest BCUT2D eigenvalue weighted by Gasteiger charge is -2.15. The van der Waals surface area contributed by atoms with Crippen LogP contribution < -0.4 is 0 Å². The van der Waals surface area contributed by atoms with E-state index < -0.39 is 6.10 Å². The normalized spacial score (nSPS) is 12.2. The van der Waals surface area contributed by atoms with Crippen LogP contribution in [0, 0.1) is 0 Å². The van der Waals surface area contributed by atoms with Gasteiger partial charge in [-0.05, 0) is 44.9 Å². The van der Waals surface area contributed by atoms with Crippen LogP contribution in [0.5, 0.6) is 0 Å². The maximum absolute atomic E-state index is 12.3. The summed E-state index contributed by atoms with van der Waals surface area (Å²) in [6.07, 6.45) is 86.5. The van der Waals surface area contributed by atoms with Crippen LogP contribution in [0.1, 0.15) is 393 Å². The third-order valence-corrected chi connectivity index (χ3v) is 16.0. The van der Waals surface area contributed by atoms with Gasteiger partial charge in [-0.25, -0.2) is 0 Å². The van der Waals surface area contributed by atoms with Gasteiger partial charge in [0.1, 0.15) is 6.61 Å². The average molecular weight is 1060 g/mol. The van der Waals surface area contributed by atoms with Gasteiger partial charge in [-0.15, -0.1) is 0 Å². The Morgan fingerprint density at radius 2 is 0.533 bits per heavy atom. The van der Waals surface area contributed by atoms with E-state index in [4.69, 9.17) is 9.47 Å². The SMILES string of the molecule is CCCCCCC/C=C\C/C=C\CCCCCCCCCCCCCC(=O)OC(CO)COC(=O)CCCCCCCCCCCCCCCCCCCCCCCCCCCCCCCCCCCCCCCC. The summed E-state index contributed by atoms with van der Waals surface area (Å²) in [7, 11) is 0. The Hall–Kier alpha value is -1.62. The molecule has 0 fully saturated rings. The van der Waals surface area contributed by atoms with Crippen molar-refractivity contribution < 1.29 is 24.2 Å². The van der Waals surface area contributed by atoms with Gasteiger partial charge in [-0.3, -0.25) is 9.59 Å². The topological polar surface area (TPSA) is 72.8 Å². The van der Waals surface area contributed by atoms with Crippen LogP contribution in [0.3, 0.4) is 0 Å². The molecule has 5 heteroatoms. The predicted octanol–water partition coefficient (Wildman–Crippen LogP) is 23.6. The van der Waals surface area contributed by atoms with Crippen LogP contribution in [-0.2, 0) is 19.1 Å². The second-order valence-corrected chi connectivity index (χ2v) is 23.6. The molecule has 0 bridgehead atoms. The number of allylic oxidation sites excluding steroid dienone is 4. The Balaban J connectivity index is 3.36. The third kappa shape index (κ3) is 64.8. The molecular formula is C70H134O5. The Morgan fingerprint density at radius 1 is 0.307 bits per heavy atom. The zero-order valence-electron chi connectivity index (χ0n) is 51.1. The number of hydrogen-bond acceptors (Lipinski definition) is 5. The highest BCUT2D eigenvalue weighted by molar-refractivity contribution is 5.70. The van der Waals surface area contributed by atoms with Gasteiger partial charge in [-0.2, -0.15) is 0 Å². The van der Waals surface area contributed by atoms with Gasteiger partial charge >= 0.3 is 11.9 Å². The third-order valence-electron chi connectivity index (χ3n) is 16.0. The van der Waals surface area contributed by atoms with E-state index in [9.17, 15) is 14.7 Å². The molecule has 0 saturated heterocycles. The zero-order chi connectivity index (χ0) is 54.1. The second-order valence-electron chi connectivity index (χ2n) is 23.6. The van der Waals surface area contributed by atoms with E-state index in [1.807, 2.05) is 0 Å². The monoisotopic (exact) mass is 1060 g/mol. The highest BCUT2D eigenvalue weighted by atomic mass is 16.6. The zero-order valence-corrected chi connectivity index (χ0v) is 51.1. The lowest BCUT2D eigenvalue weighted by Crippen LogP contribution is -2.28. The predicted molar refractivity (Wildman–Crippen MR) is 330 cm³/mol. The molecule has 75 heavy (non-hydrogen) atoms. The van der Waals surface area contributed by atoms with E-state index in [2.05, 4.69) is 38.2 Å². The van der Waals surface area contributed by atoms with E-state index in [1.165, 1.54) is 327 Å². The first-order valence-corrected chi connectivity index (χ1v) is 34.4. The number of aliphatic hydroxyl groups is 1. The van der Waals surface area contributed by atoms with Crippen LogP contribution >= 0.6 is 0 Å². The van der Waals surface area contributed by atoms with E-state index >= 15 is 0 Å². The number of carbonyl (C=O) groups excluding carboxylic acids is 2. The molecule has 5 nitrogen and oxygen atoms in total. The van der Waals surface area contributed by atoms with E-state index in [0.717, 1.165) is 38.5 Å². The van der Waals surface area contributed by atoms with Gasteiger partial charge in [0.25, 0.3) is 0 Å². The van der Waals surface area contributed by atoms with Crippen LogP contribution in [0.25, 0.3) is 0 Å². The van der Waals surface area contributed by atoms with E-state index in [1.54, 1.807) is 0 Å². The summed E-state index contributed by atoms with van der Waals surface area (Å²) >= 11 is 0. The van der Waals surface area contributed by atoms with Gasteiger partial charge in [0.2, 0.25) is 0 Å². The molecule has 1 N–H and O–H groups in total. The molecule has 0 heterocycles. The van der Waals surface area contributed by atoms with Gasteiger partial charge < -0.3 is 14.6 Å². The number of esters is 2. The highest BCUT2D eigenvalue weighted by Gasteiger charge is 2.16. The van der Waals surface area contributed by atoms with Crippen molar-refractivity contribution in [2.45, 2.75) is 399 Å².